The zero-order valence-corrected chi connectivity index (χ0v) is 11.7. The van der Waals surface area contributed by atoms with E-state index in [9.17, 15) is 0 Å². The largest absolute Gasteiger partial charge is 0.337 e. The van der Waals surface area contributed by atoms with Gasteiger partial charge in [0.2, 0.25) is 0 Å². The second-order valence-corrected chi connectivity index (χ2v) is 4.82. The van der Waals surface area contributed by atoms with Gasteiger partial charge in [0.05, 0.1) is 11.9 Å². The van der Waals surface area contributed by atoms with Crippen molar-refractivity contribution in [1.29, 1.82) is 0 Å². The molecular formula is C17H13N5. The Labute approximate surface area is 127 Å². The zero-order chi connectivity index (χ0) is 14.8. The molecule has 1 aliphatic rings. The average Bonchev–Trinajstić information content (AvgIpc) is 3.13. The van der Waals surface area contributed by atoms with Crippen molar-refractivity contribution in [3.63, 3.8) is 0 Å². The number of nitrogens with one attached hydrogen (secondary N) is 1. The minimum atomic E-state index is 0.690. The molecule has 5 nitrogen and oxygen atoms in total. The van der Waals surface area contributed by atoms with Crippen molar-refractivity contribution in [3.8, 4) is 0 Å². The van der Waals surface area contributed by atoms with Gasteiger partial charge in [0.15, 0.2) is 17.5 Å². The first-order chi connectivity index (χ1) is 10.9. The number of aliphatic imine (C=N–C) groups is 2. The van der Waals surface area contributed by atoms with Crippen molar-refractivity contribution in [2.45, 2.75) is 0 Å². The van der Waals surface area contributed by atoms with Gasteiger partial charge in [-0.2, -0.15) is 9.78 Å². The van der Waals surface area contributed by atoms with Crippen LogP contribution in [-0.2, 0) is 0 Å². The van der Waals surface area contributed by atoms with E-state index < -0.39 is 0 Å². The first-order valence-electron chi connectivity index (χ1n) is 6.99. The number of para-hydroxylation sites is 2. The summed E-state index contributed by atoms with van der Waals surface area (Å²) in [7, 11) is 0. The molecule has 1 aromatic heterocycles. The van der Waals surface area contributed by atoms with E-state index in [2.05, 4.69) is 20.4 Å². The highest BCUT2D eigenvalue weighted by Crippen LogP contribution is 2.22. The Morgan fingerprint density at radius 1 is 0.864 bits per heavy atom. The predicted molar refractivity (Wildman–Crippen MR) is 88.3 cm³/mol. The van der Waals surface area contributed by atoms with Crippen molar-refractivity contribution in [2.24, 2.45) is 9.98 Å². The van der Waals surface area contributed by atoms with Gasteiger partial charge < -0.3 is 5.32 Å². The number of hydrogen-bond acceptors (Lipinski definition) is 4. The Kier molecular flexibility index (Phi) is 3.01. The molecule has 1 N–H and O–H groups in total. The summed E-state index contributed by atoms with van der Waals surface area (Å²) in [5.74, 6) is 2.15. The molecule has 0 saturated carbocycles. The molecule has 0 spiro atoms. The lowest BCUT2D eigenvalue weighted by Crippen LogP contribution is -2.25. The average molecular weight is 287 g/mol. The van der Waals surface area contributed by atoms with Crippen molar-refractivity contribution in [2.75, 3.05) is 5.32 Å². The summed E-state index contributed by atoms with van der Waals surface area (Å²) in [4.78, 5) is 9.23. The van der Waals surface area contributed by atoms with Crippen molar-refractivity contribution < 1.29 is 0 Å². The number of hydrogen-bond donors (Lipinski definition) is 1. The minimum Gasteiger partial charge on any atom is -0.337 e. The molecule has 0 unspecified atom stereocenters. The maximum atomic E-state index is 4.67. The fourth-order valence-electron chi connectivity index (χ4n) is 2.28. The first kappa shape index (κ1) is 12.5. The van der Waals surface area contributed by atoms with E-state index in [-0.39, 0.29) is 0 Å². The van der Waals surface area contributed by atoms with Crippen molar-refractivity contribution >= 4 is 28.9 Å². The molecule has 2 aromatic carbocycles. The fraction of sp³-hybridized carbons (Fsp3) is 0. The van der Waals surface area contributed by atoms with Crippen molar-refractivity contribution in [1.82, 2.24) is 9.78 Å². The second kappa shape index (κ2) is 5.29. The van der Waals surface area contributed by atoms with Gasteiger partial charge in [0.25, 0.3) is 0 Å². The standard InChI is InChI=1S/C17H13N5/c1-3-7-13(8-4-1)19-16-17(20-14-9-5-2-6-10-14)22-15(21-16)11-12-18-22/h1-12H,(H,19,21). The van der Waals surface area contributed by atoms with Gasteiger partial charge in [0.1, 0.15) is 0 Å². The molecule has 0 amide bonds. The summed E-state index contributed by atoms with van der Waals surface area (Å²) < 4.78 is 1.73. The molecule has 5 heteroatoms. The van der Waals surface area contributed by atoms with Gasteiger partial charge in [0, 0.05) is 11.8 Å². The van der Waals surface area contributed by atoms with Crippen LogP contribution in [0.2, 0.25) is 0 Å². The quantitative estimate of drug-likeness (QED) is 0.782. The van der Waals surface area contributed by atoms with Crippen LogP contribution < -0.4 is 5.32 Å². The van der Waals surface area contributed by atoms with Crippen LogP contribution in [0.5, 0.6) is 0 Å². The van der Waals surface area contributed by atoms with E-state index >= 15 is 0 Å². The van der Waals surface area contributed by atoms with Crippen LogP contribution in [0.25, 0.3) is 0 Å². The molecule has 0 atom stereocenters. The molecule has 0 saturated heterocycles. The molecule has 1 aliphatic heterocycles. The van der Waals surface area contributed by atoms with Crippen molar-refractivity contribution in [3.05, 3.63) is 72.9 Å². The molecule has 106 valence electrons. The maximum Gasteiger partial charge on any atom is 0.199 e. The highest BCUT2D eigenvalue weighted by molar-refractivity contribution is 6.48. The number of fused-ring (bicyclic) bond motifs is 1. The zero-order valence-electron chi connectivity index (χ0n) is 11.7. The highest BCUT2D eigenvalue weighted by Gasteiger charge is 2.23. The summed E-state index contributed by atoms with van der Waals surface area (Å²) in [5, 5.41) is 7.60. The number of nitrogens with zero attached hydrogens (tertiary/aromatic N) is 4. The van der Waals surface area contributed by atoms with Crippen LogP contribution in [-0.4, -0.2) is 21.5 Å². The van der Waals surface area contributed by atoms with Gasteiger partial charge in [-0.25, -0.2) is 9.98 Å². The Hall–Kier alpha value is -3.21. The van der Waals surface area contributed by atoms with Crippen LogP contribution >= 0.6 is 0 Å². The van der Waals surface area contributed by atoms with Crippen LogP contribution in [0.15, 0.2) is 82.9 Å². The van der Waals surface area contributed by atoms with Crippen LogP contribution in [0.3, 0.4) is 0 Å². The highest BCUT2D eigenvalue weighted by atomic mass is 15.4. The number of aromatic nitrogens is 2. The molecule has 22 heavy (non-hydrogen) atoms. The van der Waals surface area contributed by atoms with E-state index in [4.69, 9.17) is 0 Å². The normalized spacial score (nSPS) is 14.7. The molecule has 0 aliphatic carbocycles. The smallest absolute Gasteiger partial charge is 0.199 e. The maximum absolute atomic E-state index is 4.67. The number of rotatable bonds is 2. The van der Waals surface area contributed by atoms with Gasteiger partial charge in [-0.1, -0.05) is 36.4 Å². The molecule has 3 aromatic rings. The minimum absolute atomic E-state index is 0.690. The third kappa shape index (κ3) is 2.29. The monoisotopic (exact) mass is 287 g/mol. The third-order valence-electron chi connectivity index (χ3n) is 3.29. The van der Waals surface area contributed by atoms with Crippen LogP contribution in [0, 0.1) is 0 Å². The molecular weight excluding hydrogens is 274 g/mol. The molecule has 2 heterocycles. The van der Waals surface area contributed by atoms with E-state index in [1.807, 2.05) is 66.7 Å². The summed E-state index contributed by atoms with van der Waals surface area (Å²) in [6.45, 7) is 0. The number of benzene rings is 2. The summed E-state index contributed by atoms with van der Waals surface area (Å²) in [6.07, 6.45) is 1.72. The first-order valence-corrected chi connectivity index (χ1v) is 6.99. The van der Waals surface area contributed by atoms with E-state index in [0.717, 1.165) is 17.2 Å². The Bertz CT molecular complexity index is 847. The predicted octanol–water partition coefficient (Wildman–Crippen LogP) is 3.62. The SMILES string of the molecule is c1ccc(N=C2C(Nc3ccccc3)=Nc3ccnn32)cc1. The van der Waals surface area contributed by atoms with Crippen LogP contribution in [0.1, 0.15) is 0 Å². The van der Waals surface area contributed by atoms with Gasteiger partial charge in [-0.3, -0.25) is 0 Å². The van der Waals surface area contributed by atoms with Crippen LogP contribution in [0.4, 0.5) is 17.2 Å². The van der Waals surface area contributed by atoms with Gasteiger partial charge in [-0.05, 0) is 24.3 Å². The Morgan fingerprint density at radius 2 is 1.59 bits per heavy atom. The molecule has 4 rings (SSSR count). The lowest BCUT2D eigenvalue weighted by Gasteiger charge is -2.07. The molecule has 0 fully saturated rings. The number of amidine groups is 1. The Balaban J connectivity index is 1.74. The second-order valence-electron chi connectivity index (χ2n) is 4.82. The summed E-state index contributed by atoms with van der Waals surface area (Å²) in [5.41, 5.74) is 1.83. The van der Waals surface area contributed by atoms with Gasteiger partial charge >= 0.3 is 0 Å². The lowest BCUT2D eigenvalue weighted by atomic mass is 10.3. The molecule has 0 bridgehead atoms. The van der Waals surface area contributed by atoms with Gasteiger partial charge in [-0.15, -0.1) is 0 Å². The lowest BCUT2D eigenvalue weighted by molar-refractivity contribution is 0.956. The van der Waals surface area contributed by atoms with E-state index in [0.29, 0.717) is 11.7 Å². The van der Waals surface area contributed by atoms with E-state index in [1.54, 1.807) is 10.9 Å². The Morgan fingerprint density at radius 3 is 2.36 bits per heavy atom. The number of anilines is 1. The molecule has 0 radical (unpaired) electrons. The topological polar surface area (TPSA) is 54.6 Å². The summed E-state index contributed by atoms with van der Waals surface area (Å²) >= 11 is 0. The third-order valence-corrected chi connectivity index (χ3v) is 3.29. The summed E-state index contributed by atoms with van der Waals surface area (Å²) in [6, 6.07) is 21.6. The van der Waals surface area contributed by atoms with E-state index in [1.165, 1.54) is 0 Å². The fourth-order valence-corrected chi connectivity index (χ4v) is 2.28.